The minimum absolute atomic E-state index is 0.244. The van der Waals surface area contributed by atoms with Crippen LogP contribution in [0.3, 0.4) is 0 Å². The number of benzene rings is 1. The Labute approximate surface area is 142 Å². The SMILES string of the molecule is CCCc1nnc(NC(=O)[C@H](C)Oc2ccc(C)cc2Br)s1. The minimum atomic E-state index is -0.627. The van der Waals surface area contributed by atoms with Gasteiger partial charge >= 0.3 is 0 Å². The summed E-state index contributed by atoms with van der Waals surface area (Å²) in [5, 5.41) is 12.2. The van der Waals surface area contributed by atoms with Crippen molar-refractivity contribution >= 4 is 38.3 Å². The standard InChI is InChI=1S/C15H18BrN3O2S/c1-4-5-13-18-19-15(22-13)17-14(20)10(3)21-12-7-6-9(2)8-11(12)16/h6-8,10H,4-5H2,1-3H3,(H,17,19,20)/t10-/m0/s1. The molecule has 0 bridgehead atoms. The fourth-order valence-corrected chi connectivity index (χ4v) is 3.20. The lowest BCUT2D eigenvalue weighted by Crippen LogP contribution is -2.30. The third kappa shape index (κ3) is 4.51. The summed E-state index contributed by atoms with van der Waals surface area (Å²) in [7, 11) is 0. The summed E-state index contributed by atoms with van der Waals surface area (Å²) in [6, 6.07) is 5.72. The molecule has 5 nitrogen and oxygen atoms in total. The van der Waals surface area contributed by atoms with Crippen LogP contribution in [0, 0.1) is 6.92 Å². The number of anilines is 1. The Morgan fingerprint density at radius 1 is 1.45 bits per heavy atom. The summed E-state index contributed by atoms with van der Waals surface area (Å²) in [4.78, 5) is 12.1. The highest BCUT2D eigenvalue weighted by atomic mass is 79.9. The van der Waals surface area contributed by atoms with Gasteiger partial charge in [0.1, 0.15) is 10.8 Å². The monoisotopic (exact) mass is 383 g/mol. The molecule has 118 valence electrons. The molecule has 7 heteroatoms. The number of nitrogens with zero attached hydrogens (tertiary/aromatic N) is 2. The van der Waals surface area contributed by atoms with E-state index in [1.54, 1.807) is 6.92 Å². The lowest BCUT2D eigenvalue weighted by atomic mass is 10.2. The first-order chi connectivity index (χ1) is 10.5. The molecule has 2 aromatic rings. The highest BCUT2D eigenvalue weighted by molar-refractivity contribution is 9.10. The number of halogens is 1. The van der Waals surface area contributed by atoms with Crippen molar-refractivity contribution in [3.8, 4) is 5.75 Å². The van der Waals surface area contributed by atoms with Crippen molar-refractivity contribution in [3.63, 3.8) is 0 Å². The normalized spacial score (nSPS) is 12.0. The zero-order valence-electron chi connectivity index (χ0n) is 12.7. The van der Waals surface area contributed by atoms with Gasteiger partial charge in [-0.25, -0.2) is 0 Å². The van der Waals surface area contributed by atoms with Gasteiger partial charge in [-0.2, -0.15) is 0 Å². The van der Waals surface area contributed by atoms with Crippen LogP contribution in [0.15, 0.2) is 22.7 Å². The van der Waals surface area contributed by atoms with Crippen molar-refractivity contribution in [1.29, 1.82) is 0 Å². The average Bonchev–Trinajstić information content (AvgIpc) is 2.89. The number of ether oxygens (including phenoxy) is 1. The molecule has 0 spiro atoms. The van der Waals surface area contributed by atoms with E-state index in [1.165, 1.54) is 11.3 Å². The van der Waals surface area contributed by atoms with Gasteiger partial charge in [0.25, 0.3) is 5.91 Å². The molecule has 1 amide bonds. The molecule has 22 heavy (non-hydrogen) atoms. The van der Waals surface area contributed by atoms with E-state index in [0.29, 0.717) is 10.9 Å². The Kier molecular flexibility index (Phi) is 5.90. The second-order valence-corrected chi connectivity index (χ2v) is 6.85. The first kappa shape index (κ1) is 16.9. The van der Waals surface area contributed by atoms with Crippen molar-refractivity contribution in [2.45, 2.75) is 39.7 Å². The number of carbonyl (C=O) groups excluding carboxylic acids is 1. The van der Waals surface area contributed by atoms with E-state index in [4.69, 9.17) is 4.74 Å². The van der Waals surface area contributed by atoms with Crippen molar-refractivity contribution in [2.24, 2.45) is 0 Å². The molecule has 1 atom stereocenters. The Hall–Kier alpha value is -1.47. The Morgan fingerprint density at radius 3 is 2.91 bits per heavy atom. The molecule has 1 N–H and O–H groups in total. The van der Waals surface area contributed by atoms with Gasteiger partial charge in [0.05, 0.1) is 4.47 Å². The maximum atomic E-state index is 12.1. The van der Waals surface area contributed by atoms with Crippen LogP contribution in [0.1, 0.15) is 30.8 Å². The van der Waals surface area contributed by atoms with Gasteiger partial charge < -0.3 is 4.74 Å². The molecule has 0 fully saturated rings. The number of hydrogen-bond acceptors (Lipinski definition) is 5. The third-order valence-electron chi connectivity index (χ3n) is 2.92. The molecule has 1 aromatic carbocycles. The van der Waals surface area contributed by atoms with Crippen LogP contribution in [-0.4, -0.2) is 22.2 Å². The van der Waals surface area contributed by atoms with E-state index in [1.807, 2.05) is 25.1 Å². The Morgan fingerprint density at radius 2 is 2.23 bits per heavy atom. The van der Waals surface area contributed by atoms with Crippen molar-refractivity contribution in [3.05, 3.63) is 33.2 Å². The van der Waals surface area contributed by atoms with Crippen LogP contribution in [0.5, 0.6) is 5.75 Å². The highest BCUT2D eigenvalue weighted by Crippen LogP contribution is 2.27. The number of nitrogens with one attached hydrogen (secondary N) is 1. The first-order valence-corrected chi connectivity index (χ1v) is 8.66. The van der Waals surface area contributed by atoms with E-state index < -0.39 is 6.10 Å². The number of rotatable bonds is 6. The van der Waals surface area contributed by atoms with Gasteiger partial charge in [-0.1, -0.05) is 24.3 Å². The zero-order chi connectivity index (χ0) is 16.1. The van der Waals surface area contributed by atoms with Crippen LogP contribution in [-0.2, 0) is 11.2 Å². The van der Waals surface area contributed by atoms with Crippen LogP contribution in [0.2, 0.25) is 0 Å². The molecule has 2 rings (SSSR count). The topological polar surface area (TPSA) is 64.1 Å². The maximum Gasteiger partial charge on any atom is 0.266 e. The lowest BCUT2D eigenvalue weighted by molar-refractivity contribution is -0.122. The fraction of sp³-hybridized carbons (Fsp3) is 0.400. The summed E-state index contributed by atoms with van der Waals surface area (Å²) in [5.74, 6) is 0.392. The molecule has 0 aliphatic carbocycles. The van der Waals surface area contributed by atoms with Gasteiger partial charge in [0, 0.05) is 6.42 Å². The molecular weight excluding hydrogens is 366 g/mol. The number of aryl methyl sites for hydroxylation is 2. The summed E-state index contributed by atoms with van der Waals surface area (Å²) >= 11 is 4.83. The van der Waals surface area contributed by atoms with Gasteiger partial charge in [0.2, 0.25) is 5.13 Å². The Balaban J connectivity index is 1.96. The third-order valence-corrected chi connectivity index (χ3v) is 4.44. The second-order valence-electron chi connectivity index (χ2n) is 4.93. The van der Waals surface area contributed by atoms with Crippen molar-refractivity contribution in [2.75, 3.05) is 5.32 Å². The van der Waals surface area contributed by atoms with E-state index >= 15 is 0 Å². The number of aromatic nitrogens is 2. The smallest absolute Gasteiger partial charge is 0.266 e. The van der Waals surface area contributed by atoms with E-state index in [9.17, 15) is 4.79 Å². The van der Waals surface area contributed by atoms with Crippen LogP contribution < -0.4 is 10.1 Å². The largest absolute Gasteiger partial charge is 0.480 e. The molecule has 0 aliphatic heterocycles. The van der Waals surface area contributed by atoms with Crippen LogP contribution >= 0.6 is 27.3 Å². The fourth-order valence-electron chi connectivity index (χ4n) is 1.77. The minimum Gasteiger partial charge on any atom is -0.480 e. The van der Waals surface area contributed by atoms with Crippen molar-refractivity contribution in [1.82, 2.24) is 10.2 Å². The average molecular weight is 384 g/mol. The van der Waals surface area contributed by atoms with Crippen LogP contribution in [0.25, 0.3) is 0 Å². The maximum absolute atomic E-state index is 12.1. The van der Waals surface area contributed by atoms with Crippen LogP contribution in [0.4, 0.5) is 5.13 Å². The molecule has 0 saturated carbocycles. The number of carbonyl (C=O) groups is 1. The molecule has 0 radical (unpaired) electrons. The predicted molar refractivity (Wildman–Crippen MR) is 91.5 cm³/mol. The van der Waals surface area contributed by atoms with Gasteiger partial charge in [-0.05, 0) is 53.9 Å². The number of amides is 1. The van der Waals surface area contributed by atoms with Gasteiger partial charge in [0.15, 0.2) is 6.10 Å². The van der Waals surface area contributed by atoms with E-state index in [0.717, 1.165) is 27.9 Å². The van der Waals surface area contributed by atoms with Gasteiger partial charge in [-0.3, -0.25) is 10.1 Å². The molecular formula is C15H18BrN3O2S. The lowest BCUT2D eigenvalue weighted by Gasteiger charge is -2.15. The second kappa shape index (κ2) is 7.69. The predicted octanol–water partition coefficient (Wildman–Crippen LogP) is 3.97. The van der Waals surface area contributed by atoms with E-state index in [2.05, 4.69) is 38.4 Å². The first-order valence-electron chi connectivity index (χ1n) is 7.05. The number of hydrogen-bond donors (Lipinski definition) is 1. The molecule has 1 aromatic heterocycles. The zero-order valence-corrected chi connectivity index (χ0v) is 15.1. The summed E-state index contributed by atoms with van der Waals surface area (Å²) in [6.45, 7) is 5.78. The molecule has 0 saturated heterocycles. The summed E-state index contributed by atoms with van der Waals surface area (Å²) in [5.41, 5.74) is 1.12. The van der Waals surface area contributed by atoms with E-state index in [-0.39, 0.29) is 5.91 Å². The highest BCUT2D eigenvalue weighted by Gasteiger charge is 2.18. The quantitative estimate of drug-likeness (QED) is 0.819. The van der Waals surface area contributed by atoms with Gasteiger partial charge in [-0.15, -0.1) is 10.2 Å². The van der Waals surface area contributed by atoms with Crippen molar-refractivity contribution < 1.29 is 9.53 Å². The summed E-state index contributed by atoms with van der Waals surface area (Å²) < 4.78 is 6.51. The Bertz CT molecular complexity index is 660. The molecule has 1 heterocycles. The molecule has 0 unspecified atom stereocenters. The summed E-state index contributed by atoms with van der Waals surface area (Å²) in [6.07, 6.45) is 1.25. The molecule has 0 aliphatic rings.